The molecule has 0 saturated heterocycles. The molecule has 1 rings (SSSR count). The molecule has 5 heteroatoms. The molecular weight excluding hydrogens is 433 g/mol. The van der Waals surface area contributed by atoms with E-state index >= 15 is 0 Å². The fourth-order valence-corrected chi connectivity index (χ4v) is 12.1. The number of aliphatic hydroxyl groups is 1. The van der Waals surface area contributed by atoms with E-state index in [0.717, 1.165) is 0 Å². The topological polar surface area (TPSA) is 49.8 Å². The maximum absolute atomic E-state index is 11.4. The molecule has 0 aromatic rings. The Morgan fingerprint density at radius 2 is 1.54 bits per heavy atom. The van der Waals surface area contributed by atoms with E-state index in [2.05, 4.69) is 20.8 Å². The number of carbonyl (C=O) groups excluding carboxylic acids is 1. The van der Waals surface area contributed by atoms with Crippen LogP contribution in [0.1, 0.15) is 86.5 Å². The van der Waals surface area contributed by atoms with Gasteiger partial charge in [0.05, 0.1) is 0 Å². The average molecular weight is 475 g/mol. The minimum atomic E-state index is -0.839. The predicted octanol–water partition coefficient (Wildman–Crippen LogP) is 6.91. The van der Waals surface area contributed by atoms with Crippen molar-refractivity contribution in [2.45, 2.75) is 105 Å². The first-order valence-corrected chi connectivity index (χ1v) is 16.5. The van der Waals surface area contributed by atoms with Crippen molar-refractivity contribution < 1.29 is 14.6 Å². The summed E-state index contributed by atoms with van der Waals surface area (Å²) in [6.07, 6.45) is 10.4. The predicted molar refractivity (Wildman–Crippen MR) is 113 cm³/mol. The number of carbonyl (C=O) groups is 1. The standard InChI is InChI=1S/C9H15NO3.3C4H9.Sn/c1-9(2,3)13-8(12)10-5-4-7(11)6-10;3*1-3-4-2;/h6,11H,4-5H2,1-3H3;3*1,3-4H2,2H3;. The molecule has 4 nitrogen and oxygen atoms in total. The van der Waals surface area contributed by atoms with Crippen molar-refractivity contribution in [1.29, 1.82) is 0 Å². The van der Waals surface area contributed by atoms with Crippen LogP contribution in [0.15, 0.2) is 12.0 Å². The first-order chi connectivity index (χ1) is 12.2. The zero-order chi connectivity index (χ0) is 20.0. The van der Waals surface area contributed by atoms with Gasteiger partial charge in [-0.2, -0.15) is 0 Å². The zero-order valence-corrected chi connectivity index (χ0v) is 20.9. The molecule has 1 aliphatic rings. The first-order valence-electron chi connectivity index (χ1n) is 10.5. The van der Waals surface area contributed by atoms with E-state index < -0.39 is 31.5 Å². The molecule has 0 spiro atoms. The molecule has 0 aromatic carbocycles. The summed E-state index contributed by atoms with van der Waals surface area (Å²) in [6.45, 7) is 12.9. The number of amides is 1. The molecule has 0 aliphatic carbocycles. The van der Waals surface area contributed by atoms with Crippen LogP contribution in [0.5, 0.6) is 0 Å². The van der Waals surface area contributed by atoms with E-state index in [1.807, 2.05) is 20.8 Å². The molecule has 26 heavy (non-hydrogen) atoms. The molecule has 0 aromatic heterocycles. The third kappa shape index (κ3) is 13.8. The Labute approximate surface area is 169 Å². The molecule has 0 bridgehead atoms. The van der Waals surface area contributed by atoms with E-state index in [1.54, 1.807) is 13.3 Å². The number of rotatable bonds is 9. The second-order valence-electron chi connectivity index (χ2n) is 8.10. The number of ether oxygens (including phenoxy) is 1. The fourth-order valence-electron chi connectivity index (χ4n) is 2.66. The summed E-state index contributed by atoms with van der Waals surface area (Å²) in [5, 5.41) is 9.06. The molecule has 0 unspecified atom stereocenters. The molecule has 0 atom stereocenters. The quantitative estimate of drug-likeness (QED) is 0.369. The molecule has 1 N–H and O–H groups in total. The Hall–Kier alpha value is -0.391. The molecule has 1 radical (unpaired) electrons. The van der Waals surface area contributed by atoms with Crippen LogP contribution >= 0.6 is 0 Å². The Morgan fingerprint density at radius 3 is 1.85 bits per heavy atom. The van der Waals surface area contributed by atoms with E-state index in [-0.39, 0.29) is 5.76 Å². The summed E-state index contributed by atoms with van der Waals surface area (Å²) in [6, 6.07) is 0. The zero-order valence-electron chi connectivity index (χ0n) is 18.1. The van der Waals surface area contributed by atoms with Gasteiger partial charge in [-0.25, -0.2) is 4.79 Å². The summed E-state index contributed by atoms with van der Waals surface area (Å²) in [5.74, 6) is 0.228. The van der Waals surface area contributed by atoms with Crippen LogP contribution in [0.2, 0.25) is 13.3 Å². The Morgan fingerprint density at radius 1 is 1.08 bits per heavy atom. The van der Waals surface area contributed by atoms with Gasteiger partial charge in [-0.05, 0) is 20.8 Å². The van der Waals surface area contributed by atoms with E-state index in [4.69, 9.17) is 9.84 Å². The van der Waals surface area contributed by atoms with Crippen LogP contribution in [0.3, 0.4) is 0 Å². The van der Waals surface area contributed by atoms with Gasteiger partial charge >= 0.3 is 98.5 Å². The van der Waals surface area contributed by atoms with Crippen molar-refractivity contribution in [3.8, 4) is 0 Å². The number of hydrogen-bond donors (Lipinski definition) is 1. The third-order valence-corrected chi connectivity index (χ3v) is 13.3. The van der Waals surface area contributed by atoms with Gasteiger partial charge in [0.25, 0.3) is 0 Å². The van der Waals surface area contributed by atoms with Crippen molar-refractivity contribution >= 4 is 25.9 Å². The number of aliphatic hydroxyl groups excluding tert-OH is 1. The van der Waals surface area contributed by atoms with Gasteiger partial charge < -0.3 is 9.84 Å². The number of nitrogens with zero attached hydrogens (tertiary/aromatic N) is 1. The minimum absolute atomic E-state index is 0.228. The summed E-state index contributed by atoms with van der Waals surface area (Å²) in [4.78, 5) is 12.7. The summed E-state index contributed by atoms with van der Waals surface area (Å²) in [5.41, 5.74) is -0.483. The summed E-state index contributed by atoms with van der Waals surface area (Å²) >= 11 is -0.839. The monoisotopic (exact) mass is 476 g/mol. The van der Waals surface area contributed by atoms with Gasteiger partial charge in [0.2, 0.25) is 0 Å². The van der Waals surface area contributed by atoms with E-state index in [9.17, 15) is 4.79 Å². The SMILES string of the molecule is CC(C)(C)OC(=O)N1C=C(O)CC1.CCC[CH2][Sn]([CH2]CCC)[CH2]CCC. The first kappa shape index (κ1) is 25.6. The second-order valence-corrected chi connectivity index (χ2v) is 16.7. The van der Waals surface area contributed by atoms with Gasteiger partial charge in [-0.15, -0.1) is 0 Å². The number of unbranched alkanes of at least 4 members (excludes halogenated alkanes) is 3. The average Bonchev–Trinajstić information content (AvgIpc) is 3.00. The summed E-state index contributed by atoms with van der Waals surface area (Å²) in [7, 11) is 0. The Kier molecular flexibility index (Phi) is 14.4. The van der Waals surface area contributed by atoms with Crippen molar-refractivity contribution in [1.82, 2.24) is 4.90 Å². The Balaban J connectivity index is 0.000000481. The fraction of sp³-hybridized carbons (Fsp3) is 0.857. The number of hydrogen-bond acceptors (Lipinski definition) is 3. The van der Waals surface area contributed by atoms with Gasteiger partial charge in [0, 0.05) is 19.2 Å². The normalized spacial score (nSPS) is 14.1. The molecular formula is C21H42NO3Sn. The van der Waals surface area contributed by atoms with Crippen LogP contribution in [0, 0.1) is 0 Å². The van der Waals surface area contributed by atoms with Crippen LogP contribution < -0.4 is 0 Å². The molecule has 1 amide bonds. The van der Waals surface area contributed by atoms with Gasteiger partial charge in [-0.1, -0.05) is 0 Å². The van der Waals surface area contributed by atoms with Crippen LogP contribution in [-0.2, 0) is 4.74 Å². The van der Waals surface area contributed by atoms with Crippen molar-refractivity contribution in [3.63, 3.8) is 0 Å². The molecule has 1 heterocycles. The molecule has 0 fully saturated rings. The van der Waals surface area contributed by atoms with E-state index in [1.165, 1.54) is 49.6 Å². The van der Waals surface area contributed by atoms with Crippen molar-refractivity contribution in [2.24, 2.45) is 0 Å². The molecule has 1 aliphatic heterocycles. The molecule has 0 saturated carbocycles. The second kappa shape index (κ2) is 14.6. The summed E-state index contributed by atoms with van der Waals surface area (Å²) < 4.78 is 10.1. The Bertz CT molecular complexity index is 386. The van der Waals surface area contributed by atoms with Gasteiger partial charge in [0.15, 0.2) is 0 Å². The van der Waals surface area contributed by atoms with Crippen LogP contribution in [0.25, 0.3) is 0 Å². The van der Waals surface area contributed by atoms with E-state index in [0.29, 0.717) is 13.0 Å². The van der Waals surface area contributed by atoms with Crippen molar-refractivity contribution in [2.75, 3.05) is 6.54 Å². The van der Waals surface area contributed by atoms with Crippen LogP contribution in [0.4, 0.5) is 4.79 Å². The van der Waals surface area contributed by atoms with Gasteiger partial charge in [0.1, 0.15) is 11.4 Å². The van der Waals surface area contributed by atoms with Crippen molar-refractivity contribution in [3.05, 3.63) is 12.0 Å². The van der Waals surface area contributed by atoms with Gasteiger partial charge in [-0.3, -0.25) is 4.90 Å². The molecule has 153 valence electrons. The van der Waals surface area contributed by atoms with Crippen LogP contribution in [-0.4, -0.2) is 48.0 Å². The maximum atomic E-state index is 11.4. The third-order valence-electron chi connectivity index (χ3n) is 4.19.